The second kappa shape index (κ2) is 4.71. The van der Waals surface area contributed by atoms with Crippen LogP contribution in [-0.4, -0.2) is 5.11 Å². The summed E-state index contributed by atoms with van der Waals surface area (Å²) in [4.78, 5) is 0. The molecule has 1 heteroatoms. The first-order chi connectivity index (χ1) is 9.80. The second-order valence-electron chi connectivity index (χ2n) is 7.35. The highest BCUT2D eigenvalue weighted by Gasteiger charge is 2.38. The van der Waals surface area contributed by atoms with Gasteiger partial charge in [0.2, 0.25) is 0 Å². The Morgan fingerprint density at radius 3 is 2.29 bits per heavy atom. The first-order valence-electron chi connectivity index (χ1n) is 7.74. The molecule has 0 saturated heterocycles. The third kappa shape index (κ3) is 2.40. The van der Waals surface area contributed by atoms with E-state index in [2.05, 4.69) is 70.2 Å². The maximum absolute atomic E-state index is 11.2. The van der Waals surface area contributed by atoms with E-state index in [-0.39, 0.29) is 5.41 Å². The Bertz CT molecular complexity index is 661. The molecule has 1 nitrogen and oxygen atoms in total. The van der Waals surface area contributed by atoms with Crippen LogP contribution in [0.4, 0.5) is 0 Å². The molecule has 0 saturated carbocycles. The molecule has 0 aliphatic heterocycles. The zero-order chi connectivity index (χ0) is 15.3. The monoisotopic (exact) mass is 280 g/mol. The van der Waals surface area contributed by atoms with E-state index < -0.39 is 5.60 Å². The van der Waals surface area contributed by atoms with Crippen molar-refractivity contribution in [2.75, 3.05) is 0 Å². The first kappa shape index (κ1) is 14.3. The molecule has 2 aromatic rings. The Labute approximate surface area is 127 Å². The van der Waals surface area contributed by atoms with E-state index in [1.807, 2.05) is 0 Å². The number of fused-ring (bicyclic) bond motifs is 1. The fourth-order valence-electron chi connectivity index (χ4n) is 3.29. The SMILES string of the molecule is Cc1ccc2c(c1)C(O)(c1ccc(C(C)(C)C)cc1)CC2. The predicted molar refractivity (Wildman–Crippen MR) is 87.6 cm³/mol. The zero-order valence-corrected chi connectivity index (χ0v) is 13.4. The molecule has 0 radical (unpaired) electrons. The number of hydrogen-bond acceptors (Lipinski definition) is 1. The molecule has 0 fully saturated rings. The molecule has 1 atom stereocenters. The van der Waals surface area contributed by atoms with Crippen molar-refractivity contribution in [2.24, 2.45) is 0 Å². The van der Waals surface area contributed by atoms with Gasteiger partial charge in [0, 0.05) is 0 Å². The molecule has 0 aromatic heterocycles. The summed E-state index contributed by atoms with van der Waals surface area (Å²) < 4.78 is 0. The van der Waals surface area contributed by atoms with Crippen LogP contribution < -0.4 is 0 Å². The van der Waals surface area contributed by atoms with Crippen molar-refractivity contribution in [3.05, 3.63) is 70.3 Å². The Hall–Kier alpha value is -1.60. The lowest BCUT2D eigenvalue weighted by atomic mass is 9.83. The standard InChI is InChI=1S/C20H24O/c1-14-5-6-15-11-12-20(21,18(15)13-14)17-9-7-16(8-10-17)19(2,3)4/h5-10,13,21H,11-12H2,1-4H3. The van der Waals surface area contributed by atoms with Gasteiger partial charge in [-0.2, -0.15) is 0 Å². The number of rotatable bonds is 1. The normalized spacial score (nSPS) is 21.4. The lowest BCUT2D eigenvalue weighted by molar-refractivity contribution is 0.0828. The zero-order valence-electron chi connectivity index (χ0n) is 13.4. The van der Waals surface area contributed by atoms with Crippen molar-refractivity contribution in [3.63, 3.8) is 0 Å². The van der Waals surface area contributed by atoms with Gasteiger partial charge in [0.25, 0.3) is 0 Å². The van der Waals surface area contributed by atoms with E-state index in [0.717, 1.165) is 24.0 Å². The van der Waals surface area contributed by atoms with Crippen LogP contribution in [0, 0.1) is 6.92 Å². The van der Waals surface area contributed by atoms with Gasteiger partial charge >= 0.3 is 0 Å². The molecule has 0 heterocycles. The van der Waals surface area contributed by atoms with Crippen molar-refractivity contribution in [3.8, 4) is 0 Å². The van der Waals surface area contributed by atoms with Gasteiger partial charge in [0.1, 0.15) is 5.60 Å². The lowest BCUT2D eigenvalue weighted by Crippen LogP contribution is -2.24. The summed E-state index contributed by atoms with van der Waals surface area (Å²) >= 11 is 0. The van der Waals surface area contributed by atoms with Gasteiger partial charge in [0.15, 0.2) is 0 Å². The Kier molecular flexibility index (Phi) is 3.22. The minimum Gasteiger partial charge on any atom is -0.380 e. The van der Waals surface area contributed by atoms with Crippen molar-refractivity contribution in [1.82, 2.24) is 0 Å². The lowest BCUT2D eigenvalue weighted by Gasteiger charge is -2.26. The summed E-state index contributed by atoms with van der Waals surface area (Å²) in [6.07, 6.45) is 1.73. The van der Waals surface area contributed by atoms with Crippen LogP contribution in [0.5, 0.6) is 0 Å². The second-order valence-corrected chi connectivity index (χ2v) is 7.35. The quantitative estimate of drug-likeness (QED) is 0.817. The van der Waals surface area contributed by atoms with Gasteiger partial charge in [-0.25, -0.2) is 0 Å². The number of aryl methyl sites for hydroxylation is 2. The van der Waals surface area contributed by atoms with E-state index in [9.17, 15) is 5.11 Å². The van der Waals surface area contributed by atoms with Crippen LogP contribution in [-0.2, 0) is 17.4 Å². The van der Waals surface area contributed by atoms with E-state index in [0.29, 0.717) is 0 Å². The predicted octanol–water partition coefficient (Wildman–Crippen LogP) is 4.47. The Balaban J connectivity index is 2.04. The van der Waals surface area contributed by atoms with Gasteiger partial charge in [-0.3, -0.25) is 0 Å². The number of aliphatic hydroxyl groups is 1. The van der Waals surface area contributed by atoms with Gasteiger partial charge in [-0.1, -0.05) is 68.8 Å². The largest absolute Gasteiger partial charge is 0.380 e. The molecule has 3 rings (SSSR count). The Morgan fingerprint density at radius 1 is 1.00 bits per heavy atom. The molecular formula is C20H24O. The molecule has 1 aliphatic carbocycles. The minimum atomic E-state index is -0.822. The van der Waals surface area contributed by atoms with Crippen LogP contribution in [0.3, 0.4) is 0 Å². The first-order valence-corrected chi connectivity index (χ1v) is 7.74. The third-order valence-electron chi connectivity index (χ3n) is 4.70. The van der Waals surface area contributed by atoms with Crippen molar-refractivity contribution < 1.29 is 5.11 Å². The van der Waals surface area contributed by atoms with Crippen LogP contribution in [0.25, 0.3) is 0 Å². The molecule has 110 valence electrons. The van der Waals surface area contributed by atoms with Gasteiger partial charge in [-0.05, 0) is 47.4 Å². The molecule has 0 amide bonds. The molecule has 21 heavy (non-hydrogen) atoms. The highest BCUT2D eigenvalue weighted by atomic mass is 16.3. The highest BCUT2D eigenvalue weighted by molar-refractivity contribution is 5.47. The fourth-order valence-corrected chi connectivity index (χ4v) is 3.29. The fraction of sp³-hybridized carbons (Fsp3) is 0.400. The van der Waals surface area contributed by atoms with Gasteiger partial charge in [-0.15, -0.1) is 0 Å². The van der Waals surface area contributed by atoms with E-state index in [4.69, 9.17) is 0 Å². The van der Waals surface area contributed by atoms with E-state index in [1.165, 1.54) is 16.7 Å². The minimum absolute atomic E-state index is 0.144. The summed E-state index contributed by atoms with van der Waals surface area (Å²) in [6.45, 7) is 8.72. The van der Waals surface area contributed by atoms with Crippen molar-refractivity contribution in [1.29, 1.82) is 0 Å². The average molecular weight is 280 g/mol. The van der Waals surface area contributed by atoms with Crippen molar-refractivity contribution in [2.45, 2.75) is 51.6 Å². The summed E-state index contributed by atoms with van der Waals surface area (Å²) in [7, 11) is 0. The average Bonchev–Trinajstić information content (AvgIpc) is 2.77. The van der Waals surface area contributed by atoms with Gasteiger partial charge < -0.3 is 5.11 Å². The van der Waals surface area contributed by atoms with E-state index in [1.54, 1.807) is 0 Å². The van der Waals surface area contributed by atoms with Crippen LogP contribution in [0.15, 0.2) is 42.5 Å². The maximum atomic E-state index is 11.2. The summed E-state index contributed by atoms with van der Waals surface area (Å²) in [5.74, 6) is 0. The summed E-state index contributed by atoms with van der Waals surface area (Å²) in [5, 5.41) is 11.2. The number of hydrogen-bond donors (Lipinski definition) is 1. The van der Waals surface area contributed by atoms with E-state index >= 15 is 0 Å². The van der Waals surface area contributed by atoms with Crippen LogP contribution in [0.2, 0.25) is 0 Å². The molecule has 1 N–H and O–H groups in total. The topological polar surface area (TPSA) is 20.2 Å². The van der Waals surface area contributed by atoms with Crippen molar-refractivity contribution >= 4 is 0 Å². The summed E-state index contributed by atoms with van der Waals surface area (Å²) in [6, 6.07) is 14.9. The molecule has 1 unspecified atom stereocenters. The molecule has 2 aromatic carbocycles. The third-order valence-corrected chi connectivity index (χ3v) is 4.70. The number of benzene rings is 2. The van der Waals surface area contributed by atoms with Crippen LogP contribution in [0.1, 0.15) is 55.0 Å². The summed E-state index contributed by atoms with van der Waals surface area (Å²) in [5.41, 5.74) is 5.22. The molecule has 1 aliphatic rings. The molecular weight excluding hydrogens is 256 g/mol. The van der Waals surface area contributed by atoms with Gasteiger partial charge in [0.05, 0.1) is 0 Å². The maximum Gasteiger partial charge on any atom is 0.115 e. The molecule has 0 bridgehead atoms. The van der Waals surface area contributed by atoms with Crippen LogP contribution >= 0.6 is 0 Å². The smallest absolute Gasteiger partial charge is 0.115 e. The highest BCUT2D eigenvalue weighted by Crippen LogP contribution is 2.42. The molecule has 0 spiro atoms. The Morgan fingerprint density at radius 2 is 1.67 bits per heavy atom.